The van der Waals surface area contributed by atoms with E-state index in [1.807, 2.05) is 0 Å². The lowest BCUT2D eigenvalue weighted by Crippen LogP contribution is -2.20. The molecule has 0 atom stereocenters. The third kappa shape index (κ3) is 6.85. The zero-order valence-corrected chi connectivity index (χ0v) is 45.5. The van der Waals surface area contributed by atoms with Gasteiger partial charge in [-0.1, -0.05) is 165 Å². The molecule has 78 heavy (non-hydrogen) atoms. The van der Waals surface area contributed by atoms with E-state index in [9.17, 15) is 0 Å². The molecular formula is C74H60N2O2. The minimum Gasteiger partial charge on any atom is -0.456 e. The Bertz CT molecular complexity index is 4330. The first-order valence-corrected chi connectivity index (χ1v) is 27.8. The molecule has 0 N–H and O–H groups in total. The van der Waals surface area contributed by atoms with Gasteiger partial charge in [0.05, 0.1) is 11.4 Å². The zero-order chi connectivity index (χ0) is 52.9. The highest BCUT2D eigenvalue weighted by Crippen LogP contribution is 2.56. The van der Waals surface area contributed by atoms with Gasteiger partial charge < -0.3 is 18.6 Å². The summed E-state index contributed by atoms with van der Waals surface area (Å²) in [5.74, 6) is 0.880. The maximum absolute atomic E-state index is 6.86. The molecule has 2 heterocycles. The lowest BCUT2D eigenvalue weighted by Gasteiger charge is -2.32. The Morgan fingerprint density at radius 2 is 0.679 bits per heavy atom. The minimum absolute atomic E-state index is 0.186. The molecule has 11 aromatic carbocycles. The lowest BCUT2D eigenvalue weighted by atomic mass is 9.81. The van der Waals surface area contributed by atoms with E-state index in [0.717, 1.165) is 88.2 Å². The van der Waals surface area contributed by atoms with Gasteiger partial charge >= 0.3 is 0 Å². The fraction of sp³-hybridized carbons (Fsp3) is 0.162. The normalized spacial score (nSPS) is 14.1. The van der Waals surface area contributed by atoms with Crippen molar-refractivity contribution >= 4 is 99.5 Å². The van der Waals surface area contributed by atoms with Gasteiger partial charge in [-0.2, -0.15) is 0 Å². The van der Waals surface area contributed by atoms with E-state index in [0.29, 0.717) is 11.8 Å². The second kappa shape index (κ2) is 16.8. The van der Waals surface area contributed by atoms with Crippen LogP contribution in [0.4, 0.5) is 34.1 Å². The smallest absolute Gasteiger partial charge is 0.136 e. The van der Waals surface area contributed by atoms with Crippen LogP contribution in [-0.2, 0) is 10.8 Å². The summed E-state index contributed by atoms with van der Waals surface area (Å²) in [7, 11) is 0. The molecule has 0 saturated heterocycles. The van der Waals surface area contributed by atoms with E-state index in [1.54, 1.807) is 0 Å². The Morgan fingerprint density at radius 3 is 1.09 bits per heavy atom. The molecular weight excluding hydrogens is 949 g/mol. The standard InChI is InChI=1S/C74H60N2O2/c1-43(2)45-23-29-51(30-24-45)75(65-21-13-17-57-55-15-9-11-19-63(55)73(5,6)71(57)65)53-33-27-47-37-59-61-41-70-62(42-69(61)77-67(59)39-49(47)35-53)60-38-48-28-34-54(36-50(48)40-68(60)78-70)76(52-31-25-46(26-32-52)44(3)4)66-22-14-18-58-56-16-10-12-20-64(56)74(7,8)72(58)66/h9-44H,1-8H3. The lowest BCUT2D eigenvalue weighted by molar-refractivity contribution is 0.660. The Hall–Kier alpha value is -8.86. The van der Waals surface area contributed by atoms with E-state index in [2.05, 4.69) is 271 Å². The molecule has 0 bridgehead atoms. The quantitative estimate of drug-likeness (QED) is 0.152. The average molecular weight is 1010 g/mol. The highest BCUT2D eigenvalue weighted by Gasteiger charge is 2.40. The van der Waals surface area contributed by atoms with Crippen molar-refractivity contribution in [3.8, 4) is 22.3 Å². The maximum Gasteiger partial charge on any atom is 0.136 e. The van der Waals surface area contributed by atoms with Crippen molar-refractivity contribution in [2.45, 2.75) is 78.1 Å². The summed E-state index contributed by atoms with van der Waals surface area (Å²) in [5, 5.41) is 8.78. The van der Waals surface area contributed by atoms with E-state index in [-0.39, 0.29) is 10.8 Å². The van der Waals surface area contributed by atoms with E-state index in [4.69, 9.17) is 8.83 Å². The van der Waals surface area contributed by atoms with Gasteiger partial charge in [0.2, 0.25) is 0 Å². The maximum atomic E-state index is 6.86. The molecule has 2 aliphatic rings. The molecule has 15 rings (SSSR count). The monoisotopic (exact) mass is 1010 g/mol. The molecule has 0 aliphatic heterocycles. The largest absolute Gasteiger partial charge is 0.456 e. The number of hydrogen-bond donors (Lipinski definition) is 0. The SMILES string of the molecule is CC(C)c1ccc(N(c2ccc3cc4c(cc3c2)oc2cc3c(cc24)oc2cc4cc(N(c5ccc(C(C)C)cc5)c5cccc6c5C(C)(C)c5ccccc5-6)ccc4cc23)c2cccc3c2C(C)(C)c2ccccc2-3)cc1. The number of hydrogen-bond acceptors (Lipinski definition) is 4. The Balaban J connectivity index is 0.828. The van der Waals surface area contributed by atoms with Crippen LogP contribution < -0.4 is 9.80 Å². The third-order valence-electron chi connectivity index (χ3n) is 17.7. The van der Waals surface area contributed by atoms with Gasteiger partial charge in [0, 0.05) is 55.1 Å². The van der Waals surface area contributed by atoms with E-state index < -0.39 is 0 Å². The van der Waals surface area contributed by atoms with Crippen LogP contribution in [0.2, 0.25) is 0 Å². The minimum atomic E-state index is -0.186. The van der Waals surface area contributed by atoms with Crippen molar-refractivity contribution in [3.63, 3.8) is 0 Å². The van der Waals surface area contributed by atoms with Crippen LogP contribution >= 0.6 is 0 Å². The van der Waals surface area contributed by atoms with Crippen molar-refractivity contribution < 1.29 is 8.83 Å². The van der Waals surface area contributed by atoms with Gasteiger partial charge in [-0.15, -0.1) is 0 Å². The van der Waals surface area contributed by atoms with Crippen LogP contribution in [-0.4, -0.2) is 0 Å². The van der Waals surface area contributed by atoms with Crippen LogP contribution in [0.1, 0.15) is 101 Å². The first-order valence-electron chi connectivity index (χ1n) is 27.8. The van der Waals surface area contributed by atoms with Crippen LogP contribution in [0.3, 0.4) is 0 Å². The van der Waals surface area contributed by atoms with Gasteiger partial charge in [-0.3, -0.25) is 0 Å². The Labute approximate surface area is 455 Å². The molecule has 4 heteroatoms. The predicted molar refractivity (Wildman–Crippen MR) is 329 cm³/mol. The van der Waals surface area contributed by atoms with Crippen LogP contribution in [0.5, 0.6) is 0 Å². The summed E-state index contributed by atoms with van der Waals surface area (Å²) >= 11 is 0. The molecule has 378 valence electrons. The van der Waals surface area contributed by atoms with Crippen molar-refractivity contribution in [2.75, 3.05) is 9.80 Å². The average Bonchev–Trinajstić information content (AvgIpc) is 4.34. The van der Waals surface area contributed by atoms with Gasteiger partial charge in [0.15, 0.2) is 0 Å². The topological polar surface area (TPSA) is 32.8 Å². The highest BCUT2D eigenvalue weighted by molar-refractivity contribution is 6.18. The van der Waals surface area contributed by atoms with E-state index >= 15 is 0 Å². The number of anilines is 6. The first-order chi connectivity index (χ1) is 37.8. The summed E-state index contributed by atoms with van der Waals surface area (Å²) in [6, 6.07) is 76.8. The summed E-state index contributed by atoms with van der Waals surface area (Å²) in [6.07, 6.45) is 0. The van der Waals surface area contributed by atoms with Crippen LogP contribution in [0.15, 0.2) is 215 Å². The highest BCUT2D eigenvalue weighted by atomic mass is 16.3. The fourth-order valence-corrected chi connectivity index (χ4v) is 13.7. The molecule has 0 amide bonds. The molecule has 0 fully saturated rings. The fourth-order valence-electron chi connectivity index (χ4n) is 13.7. The number of fused-ring (bicyclic) bond motifs is 14. The summed E-state index contributed by atoms with van der Waals surface area (Å²) in [4.78, 5) is 4.91. The molecule has 4 nitrogen and oxygen atoms in total. The van der Waals surface area contributed by atoms with Crippen molar-refractivity contribution in [1.29, 1.82) is 0 Å². The van der Waals surface area contributed by atoms with Crippen molar-refractivity contribution in [2.24, 2.45) is 0 Å². The summed E-state index contributed by atoms with van der Waals surface area (Å²) < 4.78 is 13.7. The summed E-state index contributed by atoms with van der Waals surface area (Å²) in [5.41, 5.74) is 23.2. The van der Waals surface area contributed by atoms with Crippen LogP contribution in [0.25, 0.3) is 87.7 Å². The number of nitrogens with zero attached hydrogens (tertiary/aromatic N) is 2. The zero-order valence-electron chi connectivity index (χ0n) is 45.5. The molecule has 2 aromatic heterocycles. The number of furan rings is 2. The second-order valence-electron chi connectivity index (χ2n) is 23.7. The third-order valence-corrected chi connectivity index (χ3v) is 17.7. The predicted octanol–water partition coefficient (Wildman–Crippen LogP) is 21.6. The molecule has 0 saturated carbocycles. The van der Waals surface area contributed by atoms with Gasteiger partial charge in [0.25, 0.3) is 0 Å². The Kier molecular flexibility index (Phi) is 10.0. The number of rotatable bonds is 8. The van der Waals surface area contributed by atoms with Crippen LogP contribution in [0, 0.1) is 0 Å². The Morgan fingerprint density at radius 1 is 0.321 bits per heavy atom. The van der Waals surface area contributed by atoms with Gasteiger partial charge in [-0.05, 0) is 186 Å². The number of benzene rings is 11. The molecule has 13 aromatic rings. The first kappa shape index (κ1) is 46.4. The van der Waals surface area contributed by atoms with E-state index in [1.165, 1.54) is 67.0 Å². The van der Waals surface area contributed by atoms with Gasteiger partial charge in [0.1, 0.15) is 22.3 Å². The van der Waals surface area contributed by atoms with Crippen molar-refractivity contribution in [3.05, 3.63) is 240 Å². The molecule has 2 aliphatic carbocycles. The van der Waals surface area contributed by atoms with Crippen molar-refractivity contribution in [1.82, 2.24) is 0 Å². The van der Waals surface area contributed by atoms with Gasteiger partial charge in [-0.25, -0.2) is 0 Å². The summed E-state index contributed by atoms with van der Waals surface area (Å²) in [6.45, 7) is 18.5. The second-order valence-corrected chi connectivity index (χ2v) is 23.7. The molecule has 0 spiro atoms. The molecule has 0 unspecified atom stereocenters. The molecule has 0 radical (unpaired) electrons.